The van der Waals surface area contributed by atoms with Crippen LogP contribution in [-0.4, -0.2) is 19.0 Å². The van der Waals surface area contributed by atoms with Crippen molar-refractivity contribution in [3.63, 3.8) is 0 Å². The van der Waals surface area contributed by atoms with E-state index in [1.807, 2.05) is 6.92 Å². The van der Waals surface area contributed by atoms with Crippen LogP contribution in [0.4, 0.5) is 14.5 Å². The molecule has 0 atom stereocenters. The summed E-state index contributed by atoms with van der Waals surface area (Å²) in [6, 6.07) is 3.17. The van der Waals surface area contributed by atoms with Crippen molar-refractivity contribution in [2.24, 2.45) is 5.41 Å². The third-order valence-corrected chi connectivity index (χ3v) is 3.90. The maximum atomic E-state index is 13.5. The third-order valence-electron chi connectivity index (χ3n) is 3.90. The number of carbonyl (C=O) groups is 1. The number of halogens is 2. The van der Waals surface area contributed by atoms with Crippen LogP contribution in [0.5, 0.6) is 0 Å². The summed E-state index contributed by atoms with van der Waals surface area (Å²) in [5, 5.41) is 5.80. The van der Waals surface area contributed by atoms with Crippen molar-refractivity contribution >= 4 is 11.6 Å². The van der Waals surface area contributed by atoms with Gasteiger partial charge in [-0.2, -0.15) is 0 Å². The fraction of sp³-hybridized carbons (Fsp3) is 0.500. The molecule has 1 heterocycles. The van der Waals surface area contributed by atoms with Crippen LogP contribution < -0.4 is 10.6 Å². The van der Waals surface area contributed by atoms with E-state index in [0.717, 1.165) is 38.1 Å². The van der Waals surface area contributed by atoms with Crippen molar-refractivity contribution in [1.29, 1.82) is 0 Å². The van der Waals surface area contributed by atoms with Crippen LogP contribution in [0.15, 0.2) is 18.2 Å². The number of hydrogen-bond donors (Lipinski definition) is 2. The van der Waals surface area contributed by atoms with E-state index in [1.54, 1.807) is 0 Å². The highest BCUT2D eigenvalue weighted by molar-refractivity contribution is 5.95. The first-order valence-electron chi connectivity index (χ1n) is 6.54. The maximum Gasteiger partial charge on any atom is 0.230 e. The van der Waals surface area contributed by atoms with E-state index in [9.17, 15) is 13.6 Å². The molecule has 5 heteroatoms. The molecule has 1 amide bonds. The number of benzene rings is 1. The van der Waals surface area contributed by atoms with E-state index >= 15 is 0 Å². The monoisotopic (exact) mass is 268 g/mol. The Morgan fingerprint density at radius 1 is 1.37 bits per heavy atom. The SMILES string of the molecule is CCC1(C(=O)Nc2ccc(F)cc2F)CCNCC1. The van der Waals surface area contributed by atoms with Crippen molar-refractivity contribution < 1.29 is 13.6 Å². The minimum atomic E-state index is -0.742. The molecule has 1 aromatic carbocycles. The fourth-order valence-corrected chi connectivity index (χ4v) is 2.49. The van der Waals surface area contributed by atoms with E-state index in [4.69, 9.17) is 0 Å². The van der Waals surface area contributed by atoms with Crippen LogP contribution in [0.2, 0.25) is 0 Å². The summed E-state index contributed by atoms with van der Waals surface area (Å²) in [4.78, 5) is 12.4. The topological polar surface area (TPSA) is 41.1 Å². The molecular weight excluding hydrogens is 250 g/mol. The second-order valence-corrected chi connectivity index (χ2v) is 4.96. The van der Waals surface area contributed by atoms with Crippen LogP contribution in [0.3, 0.4) is 0 Å². The molecule has 19 heavy (non-hydrogen) atoms. The minimum absolute atomic E-state index is 0.0396. The van der Waals surface area contributed by atoms with Crippen molar-refractivity contribution in [2.45, 2.75) is 26.2 Å². The lowest BCUT2D eigenvalue weighted by Gasteiger charge is -2.35. The summed E-state index contributed by atoms with van der Waals surface area (Å²) >= 11 is 0. The molecular formula is C14H18F2N2O. The zero-order valence-electron chi connectivity index (χ0n) is 10.9. The van der Waals surface area contributed by atoms with Crippen molar-refractivity contribution in [3.8, 4) is 0 Å². The standard InChI is InChI=1S/C14H18F2N2O/c1-2-14(5-7-17-8-6-14)13(19)18-12-4-3-10(15)9-11(12)16/h3-4,9,17H,2,5-8H2,1H3,(H,18,19). The summed E-state index contributed by atoms with van der Waals surface area (Å²) in [5.74, 6) is -1.57. The molecule has 2 N–H and O–H groups in total. The van der Waals surface area contributed by atoms with E-state index in [0.29, 0.717) is 6.42 Å². The van der Waals surface area contributed by atoms with E-state index in [-0.39, 0.29) is 11.6 Å². The molecule has 104 valence electrons. The molecule has 1 aromatic rings. The molecule has 2 rings (SSSR count). The molecule has 0 spiro atoms. The van der Waals surface area contributed by atoms with Crippen LogP contribution in [0.25, 0.3) is 0 Å². The minimum Gasteiger partial charge on any atom is -0.323 e. The highest BCUT2D eigenvalue weighted by Crippen LogP contribution is 2.34. The highest BCUT2D eigenvalue weighted by Gasteiger charge is 2.37. The van der Waals surface area contributed by atoms with Gasteiger partial charge in [0.15, 0.2) is 0 Å². The Morgan fingerprint density at radius 3 is 2.63 bits per heavy atom. The van der Waals surface area contributed by atoms with Gasteiger partial charge in [-0.15, -0.1) is 0 Å². The smallest absolute Gasteiger partial charge is 0.230 e. The van der Waals surface area contributed by atoms with Gasteiger partial charge in [0.2, 0.25) is 5.91 Å². The average molecular weight is 268 g/mol. The predicted molar refractivity (Wildman–Crippen MR) is 69.8 cm³/mol. The van der Waals surface area contributed by atoms with Gasteiger partial charge in [-0.1, -0.05) is 6.92 Å². The van der Waals surface area contributed by atoms with Gasteiger partial charge in [-0.3, -0.25) is 4.79 Å². The number of hydrogen-bond acceptors (Lipinski definition) is 2. The lowest BCUT2D eigenvalue weighted by Crippen LogP contribution is -2.44. The Kier molecular flexibility index (Phi) is 4.14. The number of anilines is 1. The van der Waals surface area contributed by atoms with E-state index in [1.165, 1.54) is 6.07 Å². The molecule has 0 unspecified atom stereocenters. The van der Waals surface area contributed by atoms with Crippen molar-refractivity contribution in [3.05, 3.63) is 29.8 Å². The molecule has 0 aliphatic carbocycles. The molecule has 0 bridgehead atoms. The van der Waals surface area contributed by atoms with E-state index in [2.05, 4.69) is 10.6 Å². The summed E-state index contributed by atoms with van der Waals surface area (Å²) in [7, 11) is 0. The Morgan fingerprint density at radius 2 is 2.05 bits per heavy atom. The van der Waals surface area contributed by atoms with Gasteiger partial charge < -0.3 is 10.6 Å². The molecule has 3 nitrogen and oxygen atoms in total. The number of nitrogens with one attached hydrogen (secondary N) is 2. The Balaban J connectivity index is 2.15. The van der Waals surface area contributed by atoms with Crippen LogP contribution in [-0.2, 0) is 4.79 Å². The first-order chi connectivity index (χ1) is 9.07. The zero-order chi connectivity index (χ0) is 13.9. The molecule has 1 fully saturated rings. The molecule has 0 aromatic heterocycles. The normalized spacial score (nSPS) is 18.1. The first-order valence-corrected chi connectivity index (χ1v) is 6.54. The quantitative estimate of drug-likeness (QED) is 0.885. The summed E-state index contributed by atoms with van der Waals surface area (Å²) < 4.78 is 26.4. The van der Waals surface area contributed by atoms with E-state index < -0.39 is 17.0 Å². The van der Waals surface area contributed by atoms with Gasteiger partial charge in [0, 0.05) is 6.07 Å². The van der Waals surface area contributed by atoms with Crippen molar-refractivity contribution in [1.82, 2.24) is 5.32 Å². The lowest BCUT2D eigenvalue weighted by atomic mass is 9.76. The molecule has 0 saturated carbocycles. The second-order valence-electron chi connectivity index (χ2n) is 4.96. The molecule has 1 aliphatic heterocycles. The van der Waals surface area contributed by atoms with Gasteiger partial charge in [0.05, 0.1) is 11.1 Å². The zero-order valence-corrected chi connectivity index (χ0v) is 10.9. The molecule has 1 saturated heterocycles. The Labute approximate surface area is 111 Å². The average Bonchev–Trinajstić information content (AvgIpc) is 2.42. The van der Waals surface area contributed by atoms with Crippen LogP contribution in [0, 0.1) is 17.0 Å². The predicted octanol–water partition coefficient (Wildman–Crippen LogP) is 2.68. The molecule has 1 aliphatic rings. The number of piperidine rings is 1. The van der Waals surface area contributed by atoms with Gasteiger partial charge in [-0.05, 0) is 44.5 Å². The summed E-state index contributed by atoms with van der Waals surface area (Å²) in [6.07, 6.45) is 2.18. The summed E-state index contributed by atoms with van der Waals surface area (Å²) in [5.41, 5.74) is -0.413. The largest absolute Gasteiger partial charge is 0.323 e. The molecule has 0 radical (unpaired) electrons. The van der Waals surface area contributed by atoms with Gasteiger partial charge >= 0.3 is 0 Å². The third kappa shape index (κ3) is 2.92. The number of carbonyl (C=O) groups excluding carboxylic acids is 1. The van der Waals surface area contributed by atoms with Crippen LogP contribution >= 0.6 is 0 Å². The van der Waals surface area contributed by atoms with Gasteiger partial charge in [0.25, 0.3) is 0 Å². The maximum absolute atomic E-state index is 13.5. The van der Waals surface area contributed by atoms with Gasteiger partial charge in [0.1, 0.15) is 11.6 Å². The summed E-state index contributed by atoms with van der Waals surface area (Å²) in [6.45, 7) is 3.53. The van der Waals surface area contributed by atoms with Crippen LogP contribution in [0.1, 0.15) is 26.2 Å². The Bertz CT molecular complexity index is 471. The second kappa shape index (κ2) is 5.65. The first kappa shape index (κ1) is 13.9. The fourth-order valence-electron chi connectivity index (χ4n) is 2.49. The van der Waals surface area contributed by atoms with Crippen molar-refractivity contribution in [2.75, 3.05) is 18.4 Å². The lowest BCUT2D eigenvalue weighted by molar-refractivity contribution is -0.127. The number of amides is 1. The van der Waals surface area contributed by atoms with Gasteiger partial charge in [-0.25, -0.2) is 8.78 Å². The highest BCUT2D eigenvalue weighted by atomic mass is 19.1. The Hall–Kier alpha value is -1.49. The number of rotatable bonds is 3.